The molecule has 22 heavy (non-hydrogen) atoms. The monoisotopic (exact) mass is 300 g/mol. The topological polar surface area (TPSA) is 107 Å². The lowest BCUT2D eigenvalue weighted by molar-refractivity contribution is -0.124. The molecule has 0 atom stereocenters. The molecule has 1 aromatic heterocycles. The molecule has 0 aliphatic carbocycles. The van der Waals surface area contributed by atoms with Crippen molar-refractivity contribution in [3.8, 4) is 0 Å². The fourth-order valence-electron chi connectivity index (χ4n) is 1.75. The van der Waals surface area contributed by atoms with Gasteiger partial charge in [0.15, 0.2) is 18.1 Å². The van der Waals surface area contributed by atoms with E-state index in [2.05, 4.69) is 15.3 Å². The molecule has 0 unspecified atom stereocenters. The normalized spacial score (nSPS) is 10.0. The lowest BCUT2D eigenvalue weighted by Crippen LogP contribution is -2.30. The maximum atomic E-state index is 11.7. The molecule has 2 rings (SSSR count). The number of carbonyl (C=O) groups excluding carboxylic acids is 2. The van der Waals surface area contributed by atoms with Crippen molar-refractivity contribution in [3.05, 3.63) is 54.0 Å². The minimum Gasteiger partial charge on any atom is -0.451 e. The smallest absolute Gasteiger partial charge is 0.361 e. The lowest BCUT2D eigenvalue weighted by atomic mass is 10.1. The Morgan fingerprint density at radius 1 is 1.14 bits per heavy atom. The number of anilines is 1. The summed E-state index contributed by atoms with van der Waals surface area (Å²) in [4.78, 5) is 30.8. The van der Waals surface area contributed by atoms with E-state index in [-0.39, 0.29) is 24.0 Å². The van der Waals surface area contributed by atoms with Crippen LogP contribution < -0.4 is 11.1 Å². The largest absolute Gasteiger partial charge is 0.451 e. The Labute approximate surface area is 127 Å². The average molecular weight is 300 g/mol. The fraction of sp³-hybridized carbons (Fsp3) is 0.200. The minimum absolute atomic E-state index is 0.0306. The van der Waals surface area contributed by atoms with E-state index in [4.69, 9.17) is 10.5 Å². The summed E-state index contributed by atoms with van der Waals surface area (Å²) < 4.78 is 4.84. The van der Waals surface area contributed by atoms with Crippen molar-refractivity contribution in [3.63, 3.8) is 0 Å². The molecule has 0 radical (unpaired) electrons. The van der Waals surface area contributed by atoms with Gasteiger partial charge in [-0.05, 0) is 12.0 Å². The summed E-state index contributed by atoms with van der Waals surface area (Å²) in [5.74, 6) is -1.19. The van der Waals surface area contributed by atoms with Crippen LogP contribution in [0.25, 0.3) is 0 Å². The molecule has 2 aromatic rings. The van der Waals surface area contributed by atoms with Gasteiger partial charge in [-0.2, -0.15) is 0 Å². The first kappa shape index (κ1) is 15.4. The number of hydrogen-bond donors (Lipinski definition) is 2. The molecule has 0 saturated carbocycles. The van der Waals surface area contributed by atoms with Gasteiger partial charge in [0, 0.05) is 18.9 Å². The molecule has 1 aromatic carbocycles. The Balaban J connectivity index is 1.72. The summed E-state index contributed by atoms with van der Waals surface area (Å²) in [6.45, 7) is 0.0807. The zero-order chi connectivity index (χ0) is 15.8. The van der Waals surface area contributed by atoms with E-state index in [1.807, 2.05) is 30.3 Å². The molecular formula is C15H16N4O3. The second-order valence-corrected chi connectivity index (χ2v) is 4.45. The Kier molecular flexibility index (Phi) is 5.42. The molecule has 0 fully saturated rings. The van der Waals surface area contributed by atoms with Crippen molar-refractivity contribution >= 4 is 17.7 Å². The SMILES string of the molecule is Nc1nccnc1C(=O)OCC(=O)NCCc1ccccc1. The number of nitrogens with one attached hydrogen (secondary N) is 1. The highest BCUT2D eigenvalue weighted by Gasteiger charge is 2.15. The van der Waals surface area contributed by atoms with Crippen LogP contribution in [0, 0.1) is 0 Å². The molecule has 7 heteroatoms. The molecule has 0 spiro atoms. The van der Waals surface area contributed by atoms with Crippen LogP contribution in [0.3, 0.4) is 0 Å². The minimum atomic E-state index is -0.774. The molecular weight excluding hydrogens is 284 g/mol. The van der Waals surface area contributed by atoms with Gasteiger partial charge in [-0.25, -0.2) is 14.8 Å². The van der Waals surface area contributed by atoms with Gasteiger partial charge in [0.1, 0.15) is 0 Å². The molecule has 114 valence electrons. The van der Waals surface area contributed by atoms with Crippen LogP contribution in [0.1, 0.15) is 16.1 Å². The van der Waals surface area contributed by atoms with Gasteiger partial charge >= 0.3 is 5.97 Å². The lowest BCUT2D eigenvalue weighted by Gasteiger charge is -2.07. The Bertz CT molecular complexity index is 646. The number of benzene rings is 1. The standard InChI is InChI=1S/C15H16N4O3/c16-14-13(18-8-9-19-14)15(21)22-10-12(20)17-7-6-11-4-2-1-3-5-11/h1-5,8-9H,6-7,10H2,(H2,16,19)(H,17,20). The summed E-state index contributed by atoms with van der Waals surface area (Å²) in [6, 6.07) is 9.75. The van der Waals surface area contributed by atoms with Gasteiger partial charge < -0.3 is 15.8 Å². The van der Waals surface area contributed by atoms with Crippen LogP contribution in [0.4, 0.5) is 5.82 Å². The van der Waals surface area contributed by atoms with Crippen LogP contribution in [-0.2, 0) is 16.0 Å². The van der Waals surface area contributed by atoms with Gasteiger partial charge in [-0.1, -0.05) is 30.3 Å². The molecule has 0 aliphatic rings. The zero-order valence-electron chi connectivity index (χ0n) is 11.9. The van der Waals surface area contributed by atoms with E-state index < -0.39 is 5.97 Å². The molecule has 1 heterocycles. The maximum Gasteiger partial charge on any atom is 0.361 e. The van der Waals surface area contributed by atoms with Crippen LogP contribution in [0.15, 0.2) is 42.7 Å². The number of aromatic nitrogens is 2. The highest BCUT2D eigenvalue weighted by molar-refractivity contribution is 5.93. The summed E-state index contributed by atoms with van der Waals surface area (Å²) in [5, 5.41) is 2.67. The Hall–Kier alpha value is -2.96. The number of esters is 1. The summed E-state index contributed by atoms with van der Waals surface area (Å²) in [7, 11) is 0. The predicted molar refractivity (Wildman–Crippen MR) is 79.9 cm³/mol. The number of carbonyl (C=O) groups is 2. The van der Waals surface area contributed by atoms with Gasteiger partial charge in [-0.3, -0.25) is 4.79 Å². The van der Waals surface area contributed by atoms with Crippen molar-refractivity contribution in [1.29, 1.82) is 0 Å². The van der Waals surface area contributed by atoms with E-state index in [9.17, 15) is 9.59 Å². The van der Waals surface area contributed by atoms with Crippen molar-refractivity contribution in [2.75, 3.05) is 18.9 Å². The third-order valence-corrected chi connectivity index (χ3v) is 2.83. The first-order valence-corrected chi connectivity index (χ1v) is 6.71. The zero-order valence-corrected chi connectivity index (χ0v) is 11.9. The summed E-state index contributed by atoms with van der Waals surface area (Å²) >= 11 is 0. The average Bonchev–Trinajstić information content (AvgIpc) is 2.54. The number of rotatable bonds is 6. The van der Waals surface area contributed by atoms with Crippen molar-refractivity contribution in [1.82, 2.24) is 15.3 Å². The molecule has 3 N–H and O–H groups in total. The summed E-state index contributed by atoms with van der Waals surface area (Å²) in [5.41, 5.74) is 6.52. The first-order chi connectivity index (χ1) is 10.7. The van der Waals surface area contributed by atoms with Crippen molar-refractivity contribution in [2.45, 2.75) is 6.42 Å². The molecule has 0 aliphatic heterocycles. The van der Waals surface area contributed by atoms with Gasteiger partial charge in [0.25, 0.3) is 5.91 Å². The van der Waals surface area contributed by atoms with Gasteiger partial charge in [-0.15, -0.1) is 0 Å². The van der Waals surface area contributed by atoms with E-state index in [0.29, 0.717) is 13.0 Å². The van der Waals surface area contributed by atoms with Crippen molar-refractivity contribution in [2.24, 2.45) is 0 Å². The molecule has 1 amide bonds. The molecule has 0 saturated heterocycles. The second kappa shape index (κ2) is 7.72. The number of nitrogens with zero attached hydrogens (tertiary/aromatic N) is 2. The van der Waals surface area contributed by atoms with Crippen LogP contribution in [0.2, 0.25) is 0 Å². The molecule has 0 bridgehead atoms. The first-order valence-electron chi connectivity index (χ1n) is 6.71. The van der Waals surface area contributed by atoms with Gasteiger partial charge in [0.05, 0.1) is 0 Å². The van der Waals surface area contributed by atoms with Crippen molar-refractivity contribution < 1.29 is 14.3 Å². The maximum absolute atomic E-state index is 11.7. The number of amides is 1. The van der Waals surface area contributed by atoms with Crippen LogP contribution >= 0.6 is 0 Å². The number of nitrogen functional groups attached to an aromatic ring is 1. The predicted octanol–water partition coefficient (Wildman–Crippen LogP) is 0.574. The quantitative estimate of drug-likeness (QED) is 0.755. The van der Waals surface area contributed by atoms with E-state index in [1.54, 1.807) is 0 Å². The molecule has 7 nitrogen and oxygen atoms in total. The number of hydrogen-bond acceptors (Lipinski definition) is 6. The highest BCUT2D eigenvalue weighted by Crippen LogP contribution is 2.04. The third-order valence-electron chi connectivity index (χ3n) is 2.83. The third kappa shape index (κ3) is 4.55. The van der Waals surface area contributed by atoms with Crippen LogP contribution in [0.5, 0.6) is 0 Å². The van der Waals surface area contributed by atoms with E-state index in [1.165, 1.54) is 12.4 Å². The van der Waals surface area contributed by atoms with Gasteiger partial charge in [0.2, 0.25) is 0 Å². The Morgan fingerprint density at radius 3 is 2.59 bits per heavy atom. The fourth-order valence-corrected chi connectivity index (χ4v) is 1.75. The summed E-state index contributed by atoms with van der Waals surface area (Å²) in [6.07, 6.45) is 3.40. The highest BCUT2D eigenvalue weighted by atomic mass is 16.5. The number of ether oxygens (including phenoxy) is 1. The number of nitrogens with two attached hydrogens (primary N) is 1. The second-order valence-electron chi connectivity index (χ2n) is 4.45. The Morgan fingerprint density at radius 2 is 1.86 bits per heavy atom. The van der Waals surface area contributed by atoms with Crippen LogP contribution in [-0.4, -0.2) is 35.0 Å². The van der Waals surface area contributed by atoms with E-state index in [0.717, 1.165) is 5.56 Å². The van der Waals surface area contributed by atoms with E-state index >= 15 is 0 Å².